The van der Waals surface area contributed by atoms with Gasteiger partial charge in [0.2, 0.25) is 0 Å². The molecule has 14 heavy (non-hydrogen) atoms. The number of nitrogens with one attached hydrogen (secondary N) is 1. The quantitative estimate of drug-likeness (QED) is 0.800. The van der Waals surface area contributed by atoms with Gasteiger partial charge in [0.05, 0.1) is 0 Å². The van der Waals surface area contributed by atoms with E-state index in [9.17, 15) is 0 Å². The van der Waals surface area contributed by atoms with E-state index in [4.69, 9.17) is 0 Å². The standard InChI is InChI=1S/C10H17N3S/c1-10(2)8-11-5-6-13(10)7-9-3-4-12-14-9/h3-4,11H,5-8H2,1-2H3. The Bertz CT molecular complexity index is 282. The van der Waals surface area contributed by atoms with E-state index in [-0.39, 0.29) is 5.54 Å². The van der Waals surface area contributed by atoms with E-state index >= 15 is 0 Å². The fourth-order valence-electron chi connectivity index (χ4n) is 1.83. The molecular formula is C10H17N3S. The van der Waals surface area contributed by atoms with Crippen molar-refractivity contribution in [3.8, 4) is 0 Å². The molecular weight excluding hydrogens is 194 g/mol. The summed E-state index contributed by atoms with van der Waals surface area (Å²) in [6.07, 6.45) is 1.88. The molecule has 0 atom stereocenters. The first-order chi connectivity index (χ1) is 6.68. The molecule has 1 saturated heterocycles. The Morgan fingerprint density at radius 2 is 2.50 bits per heavy atom. The van der Waals surface area contributed by atoms with Crippen molar-refractivity contribution < 1.29 is 0 Å². The Morgan fingerprint density at radius 1 is 1.64 bits per heavy atom. The van der Waals surface area contributed by atoms with Crippen LogP contribution in [0.2, 0.25) is 0 Å². The van der Waals surface area contributed by atoms with E-state index in [0.29, 0.717) is 0 Å². The lowest BCUT2D eigenvalue weighted by Gasteiger charge is -2.42. The monoisotopic (exact) mass is 211 g/mol. The first-order valence-corrected chi connectivity index (χ1v) is 5.81. The molecule has 0 radical (unpaired) electrons. The van der Waals surface area contributed by atoms with Crippen LogP contribution < -0.4 is 5.32 Å². The highest BCUT2D eigenvalue weighted by Crippen LogP contribution is 2.20. The van der Waals surface area contributed by atoms with Crippen molar-refractivity contribution in [1.82, 2.24) is 14.6 Å². The van der Waals surface area contributed by atoms with Gasteiger partial charge in [-0.25, -0.2) is 4.37 Å². The van der Waals surface area contributed by atoms with Gasteiger partial charge in [-0.3, -0.25) is 4.90 Å². The molecule has 4 heteroatoms. The van der Waals surface area contributed by atoms with Crippen LogP contribution in [-0.2, 0) is 6.54 Å². The third-order valence-corrected chi connectivity index (χ3v) is 3.54. The molecule has 1 N–H and O–H groups in total. The maximum Gasteiger partial charge on any atom is 0.0410 e. The van der Waals surface area contributed by atoms with Gasteiger partial charge in [0.15, 0.2) is 0 Å². The molecule has 0 bridgehead atoms. The van der Waals surface area contributed by atoms with E-state index in [0.717, 1.165) is 26.2 Å². The fraction of sp³-hybridized carbons (Fsp3) is 0.700. The van der Waals surface area contributed by atoms with E-state index in [1.54, 1.807) is 11.5 Å². The lowest BCUT2D eigenvalue weighted by Crippen LogP contribution is -2.57. The largest absolute Gasteiger partial charge is 0.314 e. The summed E-state index contributed by atoms with van der Waals surface area (Å²) < 4.78 is 4.13. The summed E-state index contributed by atoms with van der Waals surface area (Å²) in [5, 5.41) is 3.43. The molecule has 0 saturated carbocycles. The molecule has 2 rings (SSSR count). The van der Waals surface area contributed by atoms with Gasteiger partial charge in [-0.15, -0.1) is 0 Å². The van der Waals surface area contributed by atoms with Crippen LogP contribution in [0, 0.1) is 0 Å². The molecule has 0 aromatic carbocycles. The Morgan fingerprint density at radius 3 is 3.14 bits per heavy atom. The van der Waals surface area contributed by atoms with Gasteiger partial charge >= 0.3 is 0 Å². The lowest BCUT2D eigenvalue weighted by molar-refractivity contribution is 0.0838. The zero-order valence-corrected chi connectivity index (χ0v) is 9.60. The molecule has 0 amide bonds. The van der Waals surface area contributed by atoms with Crippen LogP contribution in [-0.4, -0.2) is 34.4 Å². The van der Waals surface area contributed by atoms with Crippen molar-refractivity contribution in [1.29, 1.82) is 0 Å². The summed E-state index contributed by atoms with van der Waals surface area (Å²) in [6, 6.07) is 2.11. The fourth-order valence-corrected chi connectivity index (χ4v) is 2.42. The topological polar surface area (TPSA) is 28.2 Å². The van der Waals surface area contributed by atoms with Gasteiger partial charge < -0.3 is 5.32 Å². The third kappa shape index (κ3) is 2.13. The maximum atomic E-state index is 4.13. The van der Waals surface area contributed by atoms with Crippen molar-refractivity contribution in [2.45, 2.75) is 25.9 Å². The van der Waals surface area contributed by atoms with Crippen LogP contribution in [0.1, 0.15) is 18.7 Å². The van der Waals surface area contributed by atoms with Crippen LogP contribution in [0.15, 0.2) is 12.3 Å². The van der Waals surface area contributed by atoms with Gasteiger partial charge in [-0.05, 0) is 31.4 Å². The molecule has 0 aliphatic carbocycles. The Labute approximate surface area is 89.3 Å². The number of piperazine rings is 1. The zero-order chi connectivity index (χ0) is 10.0. The maximum absolute atomic E-state index is 4.13. The van der Waals surface area contributed by atoms with Crippen LogP contribution in [0.4, 0.5) is 0 Å². The molecule has 2 heterocycles. The van der Waals surface area contributed by atoms with Gasteiger partial charge in [-0.2, -0.15) is 0 Å². The summed E-state index contributed by atoms with van der Waals surface area (Å²) in [5.74, 6) is 0. The molecule has 0 spiro atoms. The van der Waals surface area contributed by atoms with Gasteiger partial charge in [0.25, 0.3) is 0 Å². The molecule has 1 fully saturated rings. The highest BCUT2D eigenvalue weighted by Gasteiger charge is 2.29. The summed E-state index contributed by atoms with van der Waals surface area (Å²) in [6.45, 7) is 8.93. The summed E-state index contributed by atoms with van der Waals surface area (Å²) >= 11 is 1.61. The van der Waals surface area contributed by atoms with Crippen molar-refractivity contribution in [3.63, 3.8) is 0 Å². The SMILES string of the molecule is CC1(C)CNCCN1Cc1ccns1. The highest BCUT2D eigenvalue weighted by molar-refractivity contribution is 7.05. The molecule has 0 unspecified atom stereocenters. The minimum atomic E-state index is 0.266. The molecule has 78 valence electrons. The second kappa shape index (κ2) is 3.96. The van der Waals surface area contributed by atoms with E-state index in [2.05, 4.69) is 34.5 Å². The summed E-state index contributed by atoms with van der Waals surface area (Å²) in [4.78, 5) is 3.89. The molecule has 1 aliphatic heterocycles. The van der Waals surface area contributed by atoms with E-state index < -0.39 is 0 Å². The average Bonchev–Trinajstić information content (AvgIpc) is 2.61. The third-order valence-electron chi connectivity index (χ3n) is 2.81. The van der Waals surface area contributed by atoms with Crippen molar-refractivity contribution in [2.75, 3.05) is 19.6 Å². The van der Waals surface area contributed by atoms with Gasteiger partial charge in [-0.1, -0.05) is 0 Å². The number of rotatable bonds is 2. The first kappa shape index (κ1) is 10.1. The normalized spacial score (nSPS) is 22.4. The minimum absolute atomic E-state index is 0.266. The zero-order valence-electron chi connectivity index (χ0n) is 8.79. The number of hydrogen-bond acceptors (Lipinski definition) is 4. The van der Waals surface area contributed by atoms with Crippen LogP contribution in [0.25, 0.3) is 0 Å². The molecule has 3 nitrogen and oxygen atoms in total. The van der Waals surface area contributed by atoms with Gasteiger partial charge in [0.1, 0.15) is 0 Å². The van der Waals surface area contributed by atoms with E-state index in [1.807, 2.05) is 6.20 Å². The molecule has 1 aromatic heterocycles. The van der Waals surface area contributed by atoms with Crippen LogP contribution in [0.3, 0.4) is 0 Å². The van der Waals surface area contributed by atoms with Crippen LogP contribution in [0.5, 0.6) is 0 Å². The van der Waals surface area contributed by atoms with Crippen molar-refractivity contribution in [3.05, 3.63) is 17.1 Å². The highest BCUT2D eigenvalue weighted by atomic mass is 32.1. The Kier molecular flexibility index (Phi) is 2.85. The van der Waals surface area contributed by atoms with Crippen molar-refractivity contribution in [2.24, 2.45) is 0 Å². The first-order valence-electron chi connectivity index (χ1n) is 5.04. The second-order valence-electron chi connectivity index (χ2n) is 4.39. The summed E-state index contributed by atoms with van der Waals surface area (Å²) in [5.41, 5.74) is 0.266. The predicted molar refractivity (Wildman–Crippen MR) is 59.5 cm³/mol. The van der Waals surface area contributed by atoms with E-state index in [1.165, 1.54) is 4.88 Å². The Balaban J connectivity index is 2.02. The smallest absolute Gasteiger partial charge is 0.0410 e. The van der Waals surface area contributed by atoms with Crippen LogP contribution >= 0.6 is 11.5 Å². The Hall–Kier alpha value is -0.450. The van der Waals surface area contributed by atoms with Crippen molar-refractivity contribution >= 4 is 11.5 Å². The van der Waals surface area contributed by atoms with Gasteiger partial charge in [0, 0.05) is 42.8 Å². The molecule has 1 aliphatic rings. The summed E-state index contributed by atoms with van der Waals surface area (Å²) in [7, 11) is 0. The lowest BCUT2D eigenvalue weighted by atomic mass is 10.0. The predicted octanol–water partition coefficient (Wildman–Crippen LogP) is 1.33. The minimum Gasteiger partial charge on any atom is -0.314 e. The number of nitrogens with zero attached hydrogens (tertiary/aromatic N) is 2. The number of hydrogen-bond donors (Lipinski definition) is 1. The second-order valence-corrected chi connectivity index (χ2v) is 5.31. The molecule has 1 aromatic rings. The number of aromatic nitrogens is 1. The average molecular weight is 211 g/mol.